The Morgan fingerprint density at radius 2 is 2.06 bits per heavy atom. The summed E-state index contributed by atoms with van der Waals surface area (Å²) < 4.78 is 0. The van der Waals surface area contributed by atoms with Gasteiger partial charge in [0, 0.05) is 23.3 Å². The normalized spacial score (nSPS) is 10.3. The molecule has 0 unspecified atom stereocenters. The largest absolute Gasteiger partial charge is 0.399 e. The lowest BCUT2D eigenvalue weighted by atomic mass is 10.2. The van der Waals surface area contributed by atoms with Crippen molar-refractivity contribution in [2.75, 3.05) is 17.2 Å². The van der Waals surface area contributed by atoms with Crippen LogP contribution in [0.5, 0.6) is 0 Å². The average molecular weight is 261 g/mol. The molecule has 0 spiro atoms. The Kier molecular flexibility index (Phi) is 3.62. The number of aryl methyl sites for hydroxylation is 1. The van der Waals surface area contributed by atoms with Crippen molar-refractivity contribution in [1.82, 2.24) is 4.98 Å². The monoisotopic (exact) mass is 261 g/mol. The highest BCUT2D eigenvalue weighted by molar-refractivity contribution is 7.09. The van der Waals surface area contributed by atoms with E-state index >= 15 is 0 Å². The second-order valence-corrected chi connectivity index (χ2v) is 4.95. The van der Waals surface area contributed by atoms with Crippen LogP contribution in [-0.4, -0.2) is 17.4 Å². The molecule has 94 valence electrons. The maximum atomic E-state index is 12.3. The molecule has 2 N–H and O–H groups in total. The number of aromatic nitrogens is 1. The van der Waals surface area contributed by atoms with E-state index in [0.29, 0.717) is 17.9 Å². The van der Waals surface area contributed by atoms with Gasteiger partial charge in [0.15, 0.2) is 0 Å². The summed E-state index contributed by atoms with van der Waals surface area (Å²) in [6.07, 6.45) is 0. The maximum Gasteiger partial charge on any atom is 0.277 e. The van der Waals surface area contributed by atoms with E-state index in [4.69, 9.17) is 5.73 Å². The number of carbonyl (C=O) groups is 1. The Bertz CT molecular complexity index is 548. The van der Waals surface area contributed by atoms with Crippen LogP contribution in [0.25, 0.3) is 0 Å². The van der Waals surface area contributed by atoms with Crippen LogP contribution in [0.2, 0.25) is 0 Å². The number of nitrogens with two attached hydrogens (primary N) is 1. The minimum absolute atomic E-state index is 0.0772. The van der Waals surface area contributed by atoms with Gasteiger partial charge in [0.1, 0.15) is 5.69 Å². The summed E-state index contributed by atoms with van der Waals surface area (Å²) in [4.78, 5) is 18.2. The molecule has 0 atom stereocenters. The molecule has 0 aliphatic heterocycles. The van der Waals surface area contributed by atoms with E-state index in [1.54, 1.807) is 22.4 Å². The highest BCUT2D eigenvalue weighted by Crippen LogP contribution is 2.19. The highest BCUT2D eigenvalue weighted by Gasteiger charge is 2.18. The number of hydrogen-bond donors (Lipinski definition) is 1. The fraction of sp³-hybridized carbons (Fsp3) is 0.231. The summed E-state index contributed by atoms with van der Waals surface area (Å²) in [6.45, 7) is 4.42. The van der Waals surface area contributed by atoms with Gasteiger partial charge < -0.3 is 10.6 Å². The molecular formula is C13H15N3OS. The minimum Gasteiger partial charge on any atom is -0.399 e. The smallest absolute Gasteiger partial charge is 0.277 e. The molecule has 0 aliphatic carbocycles. The number of nitrogen functional groups attached to an aromatic ring is 1. The third-order valence-corrected chi connectivity index (χ3v) is 3.38. The van der Waals surface area contributed by atoms with Crippen molar-refractivity contribution in [3.63, 3.8) is 0 Å². The third-order valence-electron chi connectivity index (χ3n) is 2.60. The molecule has 0 bridgehead atoms. The first-order valence-corrected chi connectivity index (χ1v) is 6.59. The second kappa shape index (κ2) is 5.18. The van der Waals surface area contributed by atoms with Crippen LogP contribution in [0, 0.1) is 6.92 Å². The highest BCUT2D eigenvalue weighted by atomic mass is 32.1. The summed E-state index contributed by atoms with van der Waals surface area (Å²) in [6, 6.07) is 7.26. The molecule has 1 amide bonds. The molecule has 1 aromatic carbocycles. The summed E-state index contributed by atoms with van der Waals surface area (Å²) in [5.74, 6) is -0.0772. The molecule has 5 heteroatoms. The standard InChI is InChI=1S/C13H15N3OS/c1-3-16(11-6-4-10(14)5-7-11)13(17)12-8-18-9(2)15-12/h4-8H,3,14H2,1-2H3. The van der Waals surface area contributed by atoms with E-state index in [9.17, 15) is 4.79 Å². The minimum atomic E-state index is -0.0772. The van der Waals surface area contributed by atoms with Gasteiger partial charge in [0.25, 0.3) is 5.91 Å². The van der Waals surface area contributed by atoms with Gasteiger partial charge in [0.2, 0.25) is 0 Å². The van der Waals surface area contributed by atoms with Gasteiger partial charge in [-0.05, 0) is 38.1 Å². The Morgan fingerprint density at radius 3 is 2.56 bits per heavy atom. The van der Waals surface area contributed by atoms with Crippen molar-refractivity contribution in [3.05, 3.63) is 40.3 Å². The predicted molar refractivity (Wildman–Crippen MR) is 75.1 cm³/mol. The van der Waals surface area contributed by atoms with Crippen molar-refractivity contribution < 1.29 is 4.79 Å². The molecule has 0 aliphatic rings. The van der Waals surface area contributed by atoms with Crippen molar-refractivity contribution >= 4 is 28.6 Å². The van der Waals surface area contributed by atoms with Gasteiger partial charge in [-0.1, -0.05) is 0 Å². The van der Waals surface area contributed by atoms with Crippen LogP contribution >= 0.6 is 11.3 Å². The van der Waals surface area contributed by atoms with Gasteiger partial charge >= 0.3 is 0 Å². The molecule has 0 saturated carbocycles. The zero-order valence-corrected chi connectivity index (χ0v) is 11.2. The Balaban J connectivity index is 2.28. The lowest BCUT2D eigenvalue weighted by Gasteiger charge is -2.20. The molecule has 0 radical (unpaired) electrons. The maximum absolute atomic E-state index is 12.3. The quantitative estimate of drug-likeness (QED) is 0.864. The average Bonchev–Trinajstić information content (AvgIpc) is 2.79. The SMILES string of the molecule is CCN(C(=O)c1csc(C)n1)c1ccc(N)cc1. The summed E-state index contributed by atoms with van der Waals surface area (Å²) in [5, 5.41) is 2.68. The van der Waals surface area contributed by atoms with Crippen LogP contribution in [0.3, 0.4) is 0 Å². The van der Waals surface area contributed by atoms with Gasteiger partial charge in [0.05, 0.1) is 5.01 Å². The van der Waals surface area contributed by atoms with Crippen molar-refractivity contribution in [2.45, 2.75) is 13.8 Å². The van der Waals surface area contributed by atoms with E-state index in [1.807, 2.05) is 26.0 Å². The first-order chi connectivity index (χ1) is 8.61. The third kappa shape index (κ3) is 2.51. The number of benzene rings is 1. The Morgan fingerprint density at radius 1 is 1.39 bits per heavy atom. The van der Waals surface area contributed by atoms with Crippen molar-refractivity contribution in [1.29, 1.82) is 0 Å². The lowest BCUT2D eigenvalue weighted by molar-refractivity contribution is 0.0984. The number of thiazole rings is 1. The molecular weight excluding hydrogens is 246 g/mol. The number of carbonyl (C=O) groups excluding carboxylic acids is 1. The van der Waals surface area contributed by atoms with E-state index in [0.717, 1.165) is 10.7 Å². The fourth-order valence-corrected chi connectivity index (χ4v) is 2.28. The van der Waals surface area contributed by atoms with E-state index in [2.05, 4.69) is 4.98 Å². The topological polar surface area (TPSA) is 59.2 Å². The van der Waals surface area contributed by atoms with Crippen LogP contribution in [-0.2, 0) is 0 Å². The van der Waals surface area contributed by atoms with Crippen molar-refractivity contribution in [3.8, 4) is 0 Å². The van der Waals surface area contributed by atoms with Crippen LogP contribution in [0.1, 0.15) is 22.4 Å². The summed E-state index contributed by atoms with van der Waals surface area (Å²) in [5.41, 5.74) is 7.66. The lowest BCUT2D eigenvalue weighted by Crippen LogP contribution is -2.30. The zero-order chi connectivity index (χ0) is 13.1. The molecule has 4 nitrogen and oxygen atoms in total. The van der Waals surface area contributed by atoms with Gasteiger partial charge in [-0.2, -0.15) is 0 Å². The number of anilines is 2. The van der Waals surface area contributed by atoms with Gasteiger partial charge in [-0.3, -0.25) is 4.79 Å². The number of rotatable bonds is 3. The first kappa shape index (κ1) is 12.6. The van der Waals surface area contributed by atoms with Crippen LogP contribution < -0.4 is 10.6 Å². The van der Waals surface area contributed by atoms with E-state index in [-0.39, 0.29) is 5.91 Å². The fourth-order valence-electron chi connectivity index (χ4n) is 1.70. The van der Waals surface area contributed by atoms with Crippen LogP contribution in [0.15, 0.2) is 29.6 Å². The summed E-state index contributed by atoms with van der Waals surface area (Å²) >= 11 is 1.48. The molecule has 2 rings (SSSR count). The first-order valence-electron chi connectivity index (χ1n) is 5.71. The number of hydrogen-bond acceptors (Lipinski definition) is 4. The Hall–Kier alpha value is -1.88. The number of nitrogens with zero attached hydrogens (tertiary/aromatic N) is 2. The predicted octanol–water partition coefficient (Wildman–Crippen LogP) is 2.70. The summed E-state index contributed by atoms with van der Waals surface area (Å²) in [7, 11) is 0. The molecule has 18 heavy (non-hydrogen) atoms. The van der Waals surface area contributed by atoms with Crippen molar-refractivity contribution in [2.24, 2.45) is 0 Å². The molecule has 2 aromatic rings. The molecule has 0 fully saturated rings. The second-order valence-electron chi connectivity index (χ2n) is 3.89. The van der Waals surface area contributed by atoms with Gasteiger partial charge in [-0.25, -0.2) is 4.98 Å². The van der Waals surface area contributed by atoms with E-state index < -0.39 is 0 Å². The van der Waals surface area contributed by atoms with E-state index in [1.165, 1.54) is 11.3 Å². The van der Waals surface area contributed by atoms with Gasteiger partial charge in [-0.15, -0.1) is 11.3 Å². The zero-order valence-electron chi connectivity index (χ0n) is 10.4. The number of amides is 1. The molecule has 1 aromatic heterocycles. The molecule has 1 heterocycles. The van der Waals surface area contributed by atoms with Crippen LogP contribution in [0.4, 0.5) is 11.4 Å². The molecule has 0 saturated heterocycles. The Labute approximate surface area is 110 Å².